The molecule has 4 rings (SSSR count). The minimum atomic E-state index is -0.576. The molecular formula is C25H18ClN5O3S. The van der Waals surface area contributed by atoms with E-state index in [1.807, 2.05) is 48.5 Å². The number of thiocarbonyl (C=S) groups is 1. The van der Waals surface area contributed by atoms with Crippen LogP contribution in [0.3, 0.4) is 0 Å². The minimum absolute atomic E-state index is 0.0314. The molecule has 0 saturated heterocycles. The number of nitrogens with zero attached hydrogens (tertiary/aromatic N) is 2. The highest BCUT2D eigenvalue weighted by atomic mass is 35.5. The maximum absolute atomic E-state index is 12.6. The standard InChI is InChI=1S/C25H18ClN5O3S/c26-23-12-11-21(31(33)34)14-22(23)24(32)28-18-7-3-16(4-8-18)17-5-9-19(10-6-17)29-25(35)30-20-2-1-13-27-15-20/h1-15H,(H,28,32)(H2,29,30,35). The first-order valence-electron chi connectivity index (χ1n) is 10.3. The molecule has 0 aliphatic heterocycles. The number of nitro benzene ring substituents is 1. The Bertz CT molecular complexity index is 1380. The molecule has 0 bridgehead atoms. The van der Waals surface area contributed by atoms with E-state index in [1.165, 1.54) is 12.1 Å². The third-order valence-corrected chi connectivity index (χ3v) is 5.48. The van der Waals surface area contributed by atoms with E-state index < -0.39 is 10.8 Å². The Labute approximate surface area is 211 Å². The first-order chi connectivity index (χ1) is 16.9. The van der Waals surface area contributed by atoms with Gasteiger partial charge in [-0.1, -0.05) is 35.9 Å². The maximum atomic E-state index is 12.6. The van der Waals surface area contributed by atoms with Crippen LogP contribution in [-0.2, 0) is 0 Å². The van der Waals surface area contributed by atoms with Gasteiger partial charge < -0.3 is 16.0 Å². The number of carbonyl (C=O) groups excluding carboxylic acids is 1. The molecule has 1 amide bonds. The number of carbonyl (C=O) groups is 1. The van der Waals surface area contributed by atoms with Crippen molar-refractivity contribution in [2.45, 2.75) is 0 Å². The third kappa shape index (κ3) is 6.17. The van der Waals surface area contributed by atoms with Gasteiger partial charge in [0.1, 0.15) is 0 Å². The van der Waals surface area contributed by atoms with Gasteiger partial charge in [-0.2, -0.15) is 0 Å². The van der Waals surface area contributed by atoms with Gasteiger partial charge in [-0.05, 0) is 65.8 Å². The lowest BCUT2D eigenvalue weighted by atomic mass is 10.0. The van der Waals surface area contributed by atoms with Crippen LogP contribution < -0.4 is 16.0 Å². The molecule has 0 spiro atoms. The van der Waals surface area contributed by atoms with Crippen molar-refractivity contribution in [2.75, 3.05) is 16.0 Å². The number of hydrogen-bond acceptors (Lipinski definition) is 5. The van der Waals surface area contributed by atoms with Crippen LogP contribution in [0.25, 0.3) is 11.1 Å². The maximum Gasteiger partial charge on any atom is 0.270 e. The summed E-state index contributed by atoms with van der Waals surface area (Å²) in [6.07, 6.45) is 3.37. The summed E-state index contributed by atoms with van der Waals surface area (Å²) in [4.78, 5) is 27.0. The summed E-state index contributed by atoms with van der Waals surface area (Å²) in [6.45, 7) is 0. The number of rotatable bonds is 6. The second-order valence-corrected chi connectivity index (χ2v) is 8.17. The lowest BCUT2D eigenvalue weighted by Gasteiger charge is -2.11. The van der Waals surface area contributed by atoms with Crippen molar-refractivity contribution in [3.05, 3.63) is 112 Å². The fraction of sp³-hybridized carbons (Fsp3) is 0. The predicted molar refractivity (Wildman–Crippen MR) is 142 cm³/mol. The molecule has 4 aromatic rings. The topological polar surface area (TPSA) is 109 Å². The third-order valence-electron chi connectivity index (χ3n) is 4.94. The van der Waals surface area contributed by atoms with Gasteiger partial charge in [-0.25, -0.2) is 0 Å². The van der Waals surface area contributed by atoms with Gasteiger partial charge in [0.25, 0.3) is 11.6 Å². The highest BCUT2D eigenvalue weighted by Gasteiger charge is 2.16. The molecule has 0 aliphatic carbocycles. The Balaban J connectivity index is 1.39. The molecule has 0 fully saturated rings. The van der Waals surface area contributed by atoms with Crippen molar-refractivity contribution < 1.29 is 9.72 Å². The fourth-order valence-electron chi connectivity index (χ4n) is 3.22. The van der Waals surface area contributed by atoms with Crippen molar-refractivity contribution in [1.29, 1.82) is 0 Å². The summed E-state index contributed by atoms with van der Waals surface area (Å²) >= 11 is 11.4. The van der Waals surface area contributed by atoms with Crippen molar-refractivity contribution in [2.24, 2.45) is 0 Å². The van der Waals surface area contributed by atoms with E-state index in [0.717, 1.165) is 28.6 Å². The molecule has 0 unspecified atom stereocenters. The highest BCUT2D eigenvalue weighted by Crippen LogP contribution is 2.26. The summed E-state index contributed by atoms with van der Waals surface area (Å²) in [7, 11) is 0. The predicted octanol–water partition coefficient (Wildman–Crippen LogP) is 6.37. The number of pyridine rings is 1. The van der Waals surface area contributed by atoms with E-state index in [2.05, 4.69) is 20.9 Å². The molecule has 1 heterocycles. The lowest BCUT2D eigenvalue weighted by molar-refractivity contribution is -0.384. The van der Waals surface area contributed by atoms with Crippen molar-refractivity contribution in [3.63, 3.8) is 0 Å². The molecule has 0 aliphatic rings. The number of nitrogens with one attached hydrogen (secondary N) is 3. The first kappa shape index (κ1) is 23.8. The van der Waals surface area contributed by atoms with Gasteiger partial charge in [-0.3, -0.25) is 19.9 Å². The monoisotopic (exact) mass is 503 g/mol. The Morgan fingerprint density at radius 2 is 1.46 bits per heavy atom. The second kappa shape index (κ2) is 10.7. The molecule has 1 aromatic heterocycles. The average Bonchev–Trinajstić information content (AvgIpc) is 2.85. The zero-order valence-electron chi connectivity index (χ0n) is 18.1. The SMILES string of the molecule is O=C(Nc1ccc(-c2ccc(NC(=S)Nc3cccnc3)cc2)cc1)c1cc([N+](=O)[O-])ccc1Cl. The number of aromatic nitrogens is 1. The molecule has 0 saturated carbocycles. The fourth-order valence-corrected chi connectivity index (χ4v) is 3.66. The summed E-state index contributed by atoms with van der Waals surface area (Å²) in [5, 5.41) is 20.5. The number of hydrogen-bond donors (Lipinski definition) is 3. The Kier molecular flexibility index (Phi) is 7.30. The molecule has 0 atom stereocenters. The molecule has 3 aromatic carbocycles. The van der Waals surface area contributed by atoms with Crippen LogP contribution in [0.5, 0.6) is 0 Å². The quantitative estimate of drug-likeness (QED) is 0.159. The Morgan fingerprint density at radius 1 is 0.857 bits per heavy atom. The number of halogens is 1. The normalized spacial score (nSPS) is 10.3. The van der Waals surface area contributed by atoms with Crippen molar-refractivity contribution >= 4 is 57.6 Å². The Hall–Kier alpha value is -4.34. The van der Waals surface area contributed by atoms with Crippen LogP contribution in [0.2, 0.25) is 5.02 Å². The van der Waals surface area contributed by atoms with Crippen LogP contribution in [0, 0.1) is 10.1 Å². The number of anilines is 3. The van der Waals surface area contributed by atoms with E-state index in [-0.39, 0.29) is 16.3 Å². The van der Waals surface area contributed by atoms with Crippen LogP contribution in [0.1, 0.15) is 10.4 Å². The van der Waals surface area contributed by atoms with Gasteiger partial charge in [0.2, 0.25) is 0 Å². The van der Waals surface area contributed by atoms with E-state index in [4.69, 9.17) is 23.8 Å². The van der Waals surface area contributed by atoms with E-state index in [1.54, 1.807) is 24.5 Å². The molecule has 8 nitrogen and oxygen atoms in total. The summed E-state index contributed by atoms with van der Waals surface area (Å²) in [6, 6.07) is 22.4. The number of benzene rings is 3. The van der Waals surface area contributed by atoms with E-state index >= 15 is 0 Å². The van der Waals surface area contributed by atoms with Crippen LogP contribution in [-0.4, -0.2) is 20.9 Å². The highest BCUT2D eigenvalue weighted by molar-refractivity contribution is 7.80. The van der Waals surface area contributed by atoms with Crippen LogP contribution >= 0.6 is 23.8 Å². The largest absolute Gasteiger partial charge is 0.332 e. The van der Waals surface area contributed by atoms with E-state index in [9.17, 15) is 14.9 Å². The Morgan fingerprint density at radius 3 is 2.03 bits per heavy atom. The molecule has 35 heavy (non-hydrogen) atoms. The average molecular weight is 504 g/mol. The number of amides is 1. The molecule has 0 radical (unpaired) electrons. The summed E-state index contributed by atoms with van der Waals surface area (Å²) < 4.78 is 0. The van der Waals surface area contributed by atoms with Gasteiger partial charge >= 0.3 is 0 Å². The summed E-state index contributed by atoms with van der Waals surface area (Å²) in [5.74, 6) is -0.530. The van der Waals surface area contributed by atoms with Gasteiger partial charge in [0.15, 0.2) is 5.11 Å². The zero-order valence-corrected chi connectivity index (χ0v) is 19.6. The van der Waals surface area contributed by atoms with Crippen LogP contribution in [0.4, 0.5) is 22.7 Å². The molecule has 3 N–H and O–H groups in total. The van der Waals surface area contributed by atoms with Crippen LogP contribution in [0.15, 0.2) is 91.3 Å². The van der Waals surface area contributed by atoms with Crippen molar-refractivity contribution in [3.8, 4) is 11.1 Å². The lowest BCUT2D eigenvalue weighted by Crippen LogP contribution is -2.18. The summed E-state index contributed by atoms with van der Waals surface area (Å²) in [5.41, 5.74) is 3.89. The smallest absolute Gasteiger partial charge is 0.270 e. The number of non-ortho nitro benzene ring substituents is 1. The van der Waals surface area contributed by atoms with E-state index in [0.29, 0.717) is 10.8 Å². The minimum Gasteiger partial charge on any atom is -0.332 e. The second-order valence-electron chi connectivity index (χ2n) is 7.35. The number of nitro groups is 1. The van der Waals surface area contributed by atoms with Gasteiger partial charge in [0, 0.05) is 29.7 Å². The van der Waals surface area contributed by atoms with Gasteiger partial charge in [-0.15, -0.1) is 0 Å². The molecule has 174 valence electrons. The molecular weight excluding hydrogens is 486 g/mol. The molecule has 10 heteroatoms. The van der Waals surface area contributed by atoms with Crippen molar-refractivity contribution in [1.82, 2.24) is 4.98 Å². The first-order valence-corrected chi connectivity index (χ1v) is 11.1. The van der Waals surface area contributed by atoms with Gasteiger partial charge in [0.05, 0.1) is 27.4 Å². The zero-order chi connectivity index (χ0) is 24.8.